The molecule has 0 aliphatic carbocycles. The van der Waals surface area contributed by atoms with E-state index in [1.54, 1.807) is 0 Å². The number of aliphatic imine (C=N–C) groups is 2. The van der Waals surface area contributed by atoms with Gasteiger partial charge in [-0.3, -0.25) is 0 Å². The first-order chi connectivity index (χ1) is 32.2. The lowest BCUT2D eigenvalue weighted by atomic mass is 10.0. The molecule has 304 valence electrons. The van der Waals surface area contributed by atoms with Crippen molar-refractivity contribution in [3.63, 3.8) is 0 Å². The summed E-state index contributed by atoms with van der Waals surface area (Å²) in [5.41, 5.74) is 11.5. The first-order valence-corrected chi connectivity index (χ1v) is 21.9. The first-order valence-electron chi connectivity index (χ1n) is 21.9. The van der Waals surface area contributed by atoms with Crippen LogP contribution in [0.2, 0.25) is 0 Å². The minimum Gasteiger partial charge on any atom is -0.454 e. The Morgan fingerprint density at radius 1 is 0.477 bits per heavy atom. The van der Waals surface area contributed by atoms with Crippen LogP contribution in [0, 0.1) is 0 Å². The van der Waals surface area contributed by atoms with Crippen LogP contribution >= 0.6 is 0 Å². The molecule has 0 amide bonds. The number of fused-ring (bicyclic) bond motifs is 12. The Morgan fingerprint density at radius 3 is 1.82 bits per heavy atom. The second kappa shape index (κ2) is 14.7. The van der Waals surface area contributed by atoms with Gasteiger partial charge in [-0.05, 0) is 82.2 Å². The third kappa shape index (κ3) is 5.79. The van der Waals surface area contributed by atoms with Gasteiger partial charge in [-0.25, -0.2) is 9.98 Å². The molecule has 3 heterocycles. The molecule has 5 nitrogen and oxygen atoms in total. The summed E-state index contributed by atoms with van der Waals surface area (Å²) in [4.78, 5) is 10.8. The molecule has 5 heteroatoms. The molecule has 0 saturated carbocycles. The fourth-order valence-corrected chi connectivity index (χ4v) is 10.00. The van der Waals surface area contributed by atoms with Gasteiger partial charge in [0.05, 0.1) is 39.2 Å². The zero-order valence-electron chi connectivity index (χ0n) is 35.2. The Labute approximate surface area is 373 Å². The number of hydrogen-bond donors (Lipinski definition) is 0. The summed E-state index contributed by atoms with van der Waals surface area (Å²) in [5, 5.41) is 11.2. The van der Waals surface area contributed by atoms with E-state index in [9.17, 15) is 0 Å². The van der Waals surface area contributed by atoms with Crippen molar-refractivity contribution in [2.45, 2.75) is 0 Å². The number of hydrogen-bond acceptors (Lipinski definition) is 2. The molecule has 0 aliphatic rings. The van der Waals surface area contributed by atoms with E-state index in [2.05, 4.69) is 222 Å². The molecule has 0 atom stereocenters. The van der Waals surface area contributed by atoms with Gasteiger partial charge in [-0.1, -0.05) is 164 Å². The molecule has 0 fully saturated rings. The number of nitrogens with zero attached hydrogens (tertiary/aromatic N) is 4. The van der Waals surface area contributed by atoms with Crippen molar-refractivity contribution < 1.29 is 4.42 Å². The largest absolute Gasteiger partial charge is 0.454 e. The number of amidine groups is 1. The van der Waals surface area contributed by atoms with Gasteiger partial charge in [0.15, 0.2) is 11.4 Å². The van der Waals surface area contributed by atoms with Crippen LogP contribution < -0.4 is 0 Å². The van der Waals surface area contributed by atoms with Crippen LogP contribution in [0.4, 0.5) is 5.69 Å². The van der Waals surface area contributed by atoms with E-state index in [0.717, 1.165) is 94.1 Å². The van der Waals surface area contributed by atoms with Crippen LogP contribution in [0.5, 0.6) is 0 Å². The lowest BCUT2D eigenvalue weighted by Gasteiger charge is -2.13. The first kappa shape index (κ1) is 36.8. The number of rotatable bonds is 6. The van der Waals surface area contributed by atoms with E-state index in [1.807, 2.05) is 12.1 Å². The summed E-state index contributed by atoms with van der Waals surface area (Å²) in [7, 11) is 0. The monoisotopic (exact) mass is 830 g/mol. The topological polar surface area (TPSA) is 47.7 Å². The molecule has 65 heavy (non-hydrogen) atoms. The average molecular weight is 831 g/mol. The SMILES string of the molecule is C=C/C(=N\C(=N/c1ccc2ccccc2c1)c1cccc2oc3c(-n4c5ccccc5c5ccc6c7ccccc7n(-c7ccccc7)c6c54)cccc3c12)c1ccc2ccccc2c1. The van der Waals surface area contributed by atoms with Crippen molar-refractivity contribution in [3.8, 4) is 11.4 Å². The molecule has 0 spiro atoms. The van der Waals surface area contributed by atoms with Gasteiger partial charge < -0.3 is 13.6 Å². The smallest absolute Gasteiger partial charge is 0.161 e. The van der Waals surface area contributed by atoms with Crippen molar-refractivity contribution in [3.05, 3.63) is 236 Å². The predicted molar refractivity (Wildman–Crippen MR) is 273 cm³/mol. The standard InChI is InChI=1S/C60H38N4O/c1-2-51(42-31-30-38-16-6-8-18-40(38)36-42)62-60(61-43-33-32-39-17-7-9-19-41(39)37-43)50-25-15-29-55-56(50)49-24-14-28-54(59(49)65-55)64-53-27-13-11-23-46(53)48-35-34-47-45-22-10-12-26-52(45)63(57(47)58(48)64)44-20-4-3-5-21-44/h2-37H,1H2/b61-60-,62-51+. The van der Waals surface area contributed by atoms with Crippen LogP contribution in [0.15, 0.2) is 239 Å². The van der Waals surface area contributed by atoms with Crippen LogP contribution in [0.25, 0.3) is 98.5 Å². The number of allylic oxidation sites excluding steroid dienone is 1. The van der Waals surface area contributed by atoms with Crippen LogP contribution in [-0.4, -0.2) is 20.7 Å². The van der Waals surface area contributed by atoms with Gasteiger partial charge >= 0.3 is 0 Å². The fraction of sp³-hybridized carbons (Fsp3) is 0. The number of aromatic nitrogens is 2. The van der Waals surface area contributed by atoms with Gasteiger partial charge in [0, 0.05) is 49.1 Å². The van der Waals surface area contributed by atoms with Gasteiger partial charge in [0.2, 0.25) is 0 Å². The maximum absolute atomic E-state index is 7.10. The Morgan fingerprint density at radius 2 is 1.08 bits per heavy atom. The quantitative estimate of drug-likeness (QED) is 0.122. The van der Waals surface area contributed by atoms with Crippen LogP contribution in [0.1, 0.15) is 11.1 Å². The van der Waals surface area contributed by atoms with Gasteiger partial charge in [0.25, 0.3) is 0 Å². The number of furan rings is 1. The lowest BCUT2D eigenvalue weighted by molar-refractivity contribution is 0.666. The van der Waals surface area contributed by atoms with E-state index in [-0.39, 0.29) is 0 Å². The molecule has 0 radical (unpaired) electrons. The molecule has 13 rings (SSSR count). The normalized spacial score (nSPS) is 12.6. The molecule has 0 bridgehead atoms. The summed E-state index contributed by atoms with van der Waals surface area (Å²) in [6, 6.07) is 74.8. The van der Waals surface area contributed by atoms with Crippen molar-refractivity contribution in [1.82, 2.24) is 9.13 Å². The van der Waals surface area contributed by atoms with Crippen LogP contribution in [-0.2, 0) is 0 Å². The zero-order chi connectivity index (χ0) is 43.0. The van der Waals surface area contributed by atoms with E-state index in [1.165, 1.54) is 26.9 Å². The maximum Gasteiger partial charge on any atom is 0.161 e. The summed E-state index contributed by atoms with van der Waals surface area (Å²) in [6.07, 6.45) is 1.82. The molecule has 0 aliphatic heterocycles. The predicted octanol–water partition coefficient (Wildman–Crippen LogP) is 15.8. The summed E-state index contributed by atoms with van der Waals surface area (Å²) < 4.78 is 11.9. The molecule has 13 aromatic rings. The Bertz CT molecular complexity index is 4140. The molecular weight excluding hydrogens is 793 g/mol. The van der Waals surface area contributed by atoms with Crippen molar-refractivity contribution in [2.75, 3.05) is 0 Å². The second-order valence-corrected chi connectivity index (χ2v) is 16.6. The van der Waals surface area contributed by atoms with Crippen molar-refractivity contribution in [2.24, 2.45) is 9.98 Å². The minimum atomic E-state index is 0.563. The van der Waals surface area contributed by atoms with Gasteiger partial charge in [0.1, 0.15) is 5.58 Å². The zero-order valence-corrected chi connectivity index (χ0v) is 35.2. The number of para-hydroxylation sites is 4. The molecule has 3 aromatic heterocycles. The van der Waals surface area contributed by atoms with Crippen molar-refractivity contribution >= 4 is 104 Å². The molecule has 0 saturated heterocycles. The van der Waals surface area contributed by atoms with Crippen molar-refractivity contribution in [1.29, 1.82) is 0 Å². The molecule has 10 aromatic carbocycles. The average Bonchev–Trinajstić information content (AvgIpc) is 4.03. The molecule has 0 N–H and O–H groups in total. The molecular formula is C60H38N4O. The third-order valence-corrected chi connectivity index (χ3v) is 12.9. The Hall–Kier alpha value is -8.80. The fourth-order valence-electron chi connectivity index (χ4n) is 10.00. The summed E-state index contributed by atoms with van der Waals surface area (Å²) in [6.45, 7) is 4.26. The van der Waals surface area contributed by atoms with E-state index >= 15 is 0 Å². The minimum absolute atomic E-state index is 0.563. The molecule has 0 unspecified atom stereocenters. The van der Waals surface area contributed by atoms with Gasteiger partial charge in [-0.2, -0.15) is 0 Å². The maximum atomic E-state index is 7.10. The van der Waals surface area contributed by atoms with Crippen LogP contribution in [0.3, 0.4) is 0 Å². The van der Waals surface area contributed by atoms with Gasteiger partial charge in [-0.15, -0.1) is 0 Å². The highest BCUT2D eigenvalue weighted by Gasteiger charge is 2.24. The third-order valence-electron chi connectivity index (χ3n) is 12.9. The Kier molecular flexibility index (Phi) is 8.30. The van der Waals surface area contributed by atoms with E-state index in [4.69, 9.17) is 14.4 Å². The highest BCUT2D eigenvalue weighted by Crippen LogP contribution is 2.44. The Balaban J connectivity index is 1.09. The highest BCUT2D eigenvalue weighted by molar-refractivity contribution is 6.26. The lowest BCUT2D eigenvalue weighted by Crippen LogP contribution is -2.05. The summed E-state index contributed by atoms with van der Waals surface area (Å²) >= 11 is 0. The van der Waals surface area contributed by atoms with E-state index in [0.29, 0.717) is 5.84 Å². The summed E-state index contributed by atoms with van der Waals surface area (Å²) in [5.74, 6) is 0.563. The second-order valence-electron chi connectivity index (χ2n) is 16.6. The van der Waals surface area contributed by atoms with E-state index < -0.39 is 0 Å². The highest BCUT2D eigenvalue weighted by atomic mass is 16.3. The number of benzene rings is 10.